The summed E-state index contributed by atoms with van der Waals surface area (Å²) in [4.78, 5) is 13.5. The maximum absolute atomic E-state index is 11.3. The number of aliphatic hydroxyl groups excluding tert-OH is 1. The molecule has 0 bridgehead atoms. The van der Waals surface area contributed by atoms with E-state index in [1.165, 1.54) is 12.1 Å². The molecule has 2 aromatic rings. The lowest BCUT2D eigenvalue weighted by Crippen LogP contribution is -2.24. The Balaban J connectivity index is 1.67. The molecular formula is C22H31N3O4. The number of hydrogen-bond acceptors (Lipinski definition) is 6. The van der Waals surface area contributed by atoms with Crippen LogP contribution in [0.5, 0.6) is 11.5 Å². The van der Waals surface area contributed by atoms with Crippen LogP contribution in [0.15, 0.2) is 42.5 Å². The average Bonchev–Trinajstić information content (AvgIpc) is 2.71. The maximum Gasteiger partial charge on any atom is 0.252 e. The van der Waals surface area contributed by atoms with E-state index >= 15 is 0 Å². The molecule has 0 aliphatic heterocycles. The minimum Gasteiger partial charge on any atom is -0.507 e. The van der Waals surface area contributed by atoms with Gasteiger partial charge in [0, 0.05) is 25.8 Å². The van der Waals surface area contributed by atoms with Gasteiger partial charge >= 0.3 is 0 Å². The number of phenols is 1. The van der Waals surface area contributed by atoms with Crippen molar-refractivity contribution in [1.29, 1.82) is 0 Å². The number of carbonyl (C=O) groups is 1. The van der Waals surface area contributed by atoms with Gasteiger partial charge in [-0.25, -0.2) is 0 Å². The Morgan fingerprint density at radius 2 is 1.93 bits per heavy atom. The fourth-order valence-corrected chi connectivity index (χ4v) is 3.01. The van der Waals surface area contributed by atoms with Gasteiger partial charge in [0.15, 0.2) is 0 Å². The third-order valence-corrected chi connectivity index (χ3v) is 4.69. The minimum atomic E-state index is -0.778. The molecule has 0 aliphatic carbocycles. The van der Waals surface area contributed by atoms with E-state index in [2.05, 4.69) is 29.4 Å². The normalized spacial score (nSPS) is 11.8. The molecule has 7 heteroatoms. The molecule has 1 unspecified atom stereocenters. The number of ether oxygens (including phenoxy) is 1. The predicted molar refractivity (Wildman–Crippen MR) is 115 cm³/mol. The number of rotatable bonds is 12. The lowest BCUT2D eigenvalue weighted by molar-refractivity contribution is 0.0997. The largest absolute Gasteiger partial charge is 0.507 e. The zero-order valence-electron chi connectivity index (χ0n) is 17.1. The minimum absolute atomic E-state index is 0.0128. The number of amides is 1. The summed E-state index contributed by atoms with van der Waals surface area (Å²) in [6.07, 6.45) is 1.20. The molecular weight excluding hydrogens is 370 g/mol. The quantitative estimate of drug-likeness (QED) is 0.407. The molecule has 0 heterocycles. The fourth-order valence-electron chi connectivity index (χ4n) is 3.01. The third-order valence-electron chi connectivity index (χ3n) is 4.69. The zero-order valence-corrected chi connectivity index (χ0v) is 17.1. The predicted octanol–water partition coefficient (Wildman–Crippen LogP) is 2.43. The summed E-state index contributed by atoms with van der Waals surface area (Å²) < 4.78 is 5.46. The van der Waals surface area contributed by atoms with Crippen molar-refractivity contribution in [2.45, 2.75) is 25.9 Å². The van der Waals surface area contributed by atoms with Crippen molar-refractivity contribution in [3.8, 4) is 11.5 Å². The highest BCUT2D eigenvalue weighted by atomic mass is 16.5. The van der Waals surface area contributed by atoms with Gasteiger partial charge in [0.05, 0.1) is 18.3 Å². The van der Waals surface area contributed by atoms with Crippen molar-refractivity contribution in [3.63, 3.8) is 0 Å². The van der Waals surface area contributed by atoms with Gasteiger partial charge in [-0.2, -0.15) is 0 Å². The number of nitrogens with one attached hydrogen (secondary N) is 1. The second kappa shape index (κ2) is 11.3. The van der Waals surface area contributed by atoms with Gasteiger partial charge in [-0.05, 0) is 68.3 Å². The van der Waals surface area contributed by atoms with Gasteiger partial charge < -0.3 is 30.9 Å². The standard InChI is InChI=1S/C22H31N3O4/c1-3-29-18-9-7-17(8-10-18)25(2)13-5-4-12-24-15-21(27)16-6-11-20(26)19(14-16)22(23)28/h6-11,14,21,24,26-27H,3-5,12-13,15H2,1-2H3,(H2,23,28). The number of benzene rings is 2. The molecule has 158 valence electrons. The maximum atomic E-state index is 11.3. The van der Waals surface area contributed by atoms with Crippen LogP contribution in [-0.4, -0.2) is 49.4 Å². The summed E-state index contributed by atoms with van der Waals surface area (Å²) in [5.41, 5.74) is 6.92. The highest BCUT2D eigenvalue weighted by Crippen LogP contribution is 2.22. The first-order valence-electron chi connectivity index (χ1n) is 9.87. The molecule has 0 radical (unpaired) electrons. The number of nitrogens with two attached hydrogens (primary N) is 1. The van der Waals surface area contributed by atoms with E-state index in [0.29, 0.717) is 18.7 Å². The second-order valence-electron chi connectivity index (χ2n) is 6.92. The number of unbranched alkanes of at least 4 members (excludes halogenated alkanes) is 1. The van der Waals surface area contributed by atoms with Crippen molar-refractivity contribution in [2.75, 3.05) is 38.2 Å². The number of aliphatic hydroxyl groups is 1. The Morgan fingerprint density at radius 3 is 2.59 bits per heavy atom. The first kappa shape index (κ1) is 22.5. The lowest BCUT2D eigenvalue weighted by Gasteiger charge is -2.20. The molecule has 7 nitrogen and oxygen atoms in total. The molecule has 0 saturated carbocycles. The topological polar surface area (TPSA) is 108 Å². The van der Waals surface area contributed by atoms with Gasteiger partial charge in [0.25, 0.3) is 5.91 Å². The molecule has 1 atom stereocenters. The highest BCUT2D eigenvalue weighted by Gasteiger charge is 2.13. The third kappa shape index (κ3) is 6.96. The number of nitrogens with zero attached hydrogens (tertiary/aromatic N) is 1. The molecule has 2 aromatic carbocycles. The van der Waals surface area contributed by atoms with E-state index in [4.69, 9.17) is 10.5 Å². The summed E-state index contributed by atoms with van der Waals surface area (Å²) in [6.45, 7) is 4.69. The van der Waals surface area contributed by atoms with Crippen molar-refractivity contribution < 1.29 is 19.7 Å². The lowest BCUT2D eigenvalue weighted by atomic mass is 10.0. The molecule has 1 amide bonds. The summed E-state index contributed by atoms with van der Waals surface area (Å²) in [5.74, 6) is -0.0248. The molecule has 0 aliphatic rings. The van der Waals surface area contributed by atoms with Gasteiger partial charge in [0.2, 0.25) is 0 Å². The van der Waals surface area contributed by atoms with E-state index in [1.54, 1.807) is 6.07 Å². The molecule has 29 heavy (non-hydrogen) atoms. The van der Waals surface area contributed by atoms with Gasteiger partial charge in [-0.1, -0.05) is 6.07 Å². The van der Waals surface area contributed by atoms with Crippen LogP contribution in [0.2, 0.25) is 0 Å². The SMILES string of the molecule is CCOc1ccc(N(C)CCCCNCC(O)c2ccc(O)c(C(N)=O)c2)cc1. The van der Waals surface area contributed by atoms with Crippen LogP contribution in [0.25, 0.3) is 0 Å². The van der Waals surface area contributed by atoms with Crippen LogP contribution in [0, 0.1) is 0 Å². The van der Waals surface area contributed by atoms with Crippen LogP contribution in [0.3, 0.4) is 0 Å². The van der Waals surface area contributed by atoms with Crippen LogP contribution in [0.4, 0.5) is 5.69 Å². The van der Waals surface area contributed by atoms with E-state index < -0.39 is 12.0 Å². The smallest absolute Gasteiger partial charge is 0.252 e. The van der Waals surface area contributed by atoms with Crippen molar-refractivity contribution in [2.24, 2.45) is 5.73 Å². The number of carbonyl (C=O) groups excluding carboxylic acids is 1. The fraction of sp³-hybridized carbons (Fsp3) is 0.409. The first-order chi connectivity index (χ1) is 13.9. The van der Waals surface area contributed by atoms with E-state index in [-0.39, 0.29) is 11.3 Å². The van der Waals surface area contributed by atoms with Gasteiger partial charge in [-0.3, -0.25) is 4.79 Å². The molecule has 0 spiro atoms. The Kier molecular flexibility index (Phi) is 8.76. The van der Waals surface area contributed by atoms with Crippen molar-refractivity contribution >= 4 is 11.6 Å². The summed E-state index contributed by atoms with van der Waals surface area (Å²) in [7, 11) is 2.06. The Morgan fingerprint density at radius 1 is 1.21 bits per heavy atom. The molecule has 0 saturated heterocycles. The van der Waals surface area contributed by atoms with Gasteiger partial charge in [-0.15, -0.1) is 0 Å². The monoisotopic (exact) mass is 401 g/mol. The molecule has 2 rings (SSSR count). The summed E-state index contributed by atoms with van der Waals surface area (Å²) in [6, 6.07) is 12.4. The van der Waals surface area contributed by atoms with Crippen LogP contribution < -0.4 is 20.7 Å². The molecule has 0 fully saturated rings. The number of primary amides is 1. The van der Waals surface area contributed by atoms with E-state index in [9.17, 15) is 15.0 Å². The number of hydrogen-bond donors (Lipinski definition) is 4. The van der Waals surface area contributed by atoms with Crippen LogP contribution >= 0.6 is 0 Å². The Labute approximate surface area is 172 Å². The van der Waals surface area contributed by atoms with Crippen molar-refractivity contribution in [1.82, 2.24) is 5.32 Å². The summed E-state index contributed by atoms with van der Waals surface area (Å²) >= 11 is 0. The Bertz CT molecular complexity index is 780. The first-order valence-corrected chi connectivity index (χ1v) is 9.87. The number of anilines is 1. The van der Waals surface area contributed by atoms with Crippen molar-refractivity contribution in [3.05, 3.63) is 53.6 Å². The van der Waals surface area contributed by atoms with E-state index in [0.717, 1.165) is 37.4 Å². The average molecular weight is 402 g/mol. The Hall–Kier alpha value is -2.77. The second-order valence-corrected chi connectivity index (χ2v) is 6.92. The number of aromatic hydroxyl groups is 1. The molecule has 0 aromatic heterocycles. The van der Waals surface area contributed by atoms with Gasteiger partial charge in [0.1, 0.15) is 11.5 Å². The highest BCUT2D eigenvalue weighted by molar-refractivity contribution is 5.95. The molecule has 5 N–H and O–H groups in total. The zero-order chi connectivity index (χ0) is 21.2. The van der Waals surface area contributed by atoms with Crippen LogP contribution in [0.1, 0.15) is 41.8 Å². The van der Waals surface area contributed by atoms with E-state index in [1.807, 2.05) is 19.1 Å². The summed E-state index contributed by atoms with van der Waals surface area (Å²) in [5, 5.41) is 23.1. The van der Waals surface area contributed by atoms with Crippen LogP contribution in [-0.2, 0) is 0 Å².